The van der Waals surface area contributed by atoms with Crippen LogP contribution in [0.4, 0.5) is 0 Å². The highest BCUT2D eigenvalue weighted by Crippen LogP contribution is 2.32. The Balaban J connectivity index is 2.17. The van der Waals surface area contributed by atoms with Gasteiger partial charge in [0.1, 0.15) is 11.5 Å². The third-order valence-electron chi connectivity index (χ3n) is 5.45. The van der Waals surface area contributed by atoms with E-state index in [9.17, 15) is 4.79 Å². The van der Waals surface area contributed by atoms with E-state index in [1.807, 2.05) is 66.4 Å². The summed E-state index contributed by atoms with van der Waals surface area (Å²) in [6, 6.07) is 17.8. The van der Waals surface area contributed by atoms with Gasteiger partial charge < -0.3 is 18.9 Å². The monoisotopic (exact) mass is 420 g/mol. The lowest BCUT2D eigenvalue weighted by Gasteiger charge is -2.21. The highest BCUT2D eigenvalue weighted by atomic mass is 16.5. The van der Waals surface area contributed by atoms with Gasteiger partial charge >= 0.3 is 0 Å². The Morgan fingerprint density at radius 3 is 2.13 bits per heavy atom. The summed E-state index contributed by atoms with van der Waals surface area (Å²) in [6.07, 6.45) is 1.87. The number of methoxy groups -OCH3 is 2. The van der Waals surface area contributed by atoms with Crippen LogP contribution < -0.4 is 9.47 Å². The van der Waals surface area contributed by atoms with Crippen molar-refractivity contribution in [2.24, 2.45) is 0 Å². The molecule has 0 N–H and O–H groups in total. The van der Waals surface area contributed by atoms with Gasteiger partial charge in [-0.1, -0.05) is 19.9 Å². The molecule has 5 heteroatoms. The van der Waals surface area contributed by atoms with Gasteiger partial charge in [0.05, 0.1) is 25.5 Å². The third kappa shape index (κ3) is 4.76. The number of carbonyl (C=O) groups is 1. The molecule has 164 valence electrons. The fourth-order valence-corrected chi connectivity index (χ4v) is 3.90. The number of ether oxygens (including phenoxy) is 2. The second-order valence-corrected chi connectivity index (χ2v) is 7.59. The molecule has 0 unspecified atom stereocenters. The van der Waals surface area contributed by atoms with Crippen LogP contribution in [0.5, 0.6) is 11.5 Å². The molecule has 0 saturated carbocycles. The fraction of sp³-hybridized carbons (Fsp3) is 0.346. The van der Waals surface area contributed by atoms with E-state index in [-0.39, 0.29) is 5.91 Å². The Morgan fingerprint density at radius 2 is 1.55 bits per heavy atom. The lowest BCUT2D eigenvalue weighted by molar-refractivity contribution is 0.0755. The number of hydrogen-bond donors (Lipinski definition) is 0. The highest BCUT2D eigenvalue weighted by molar-refractivity contribution is 5.97. The number of rotatable bonds is 9. The molecule has 1 amide bonds. The van der Waals surface area contributed by atoms with Crippen LogP contribution in [-0.2, 0) is 0 Å². The minimum atomic E-state index is 0.0811. The molecule has 2 aromatic carbocycles. The first-order valence-electron chi connectivity index (χ1n) is 10.8. The van der Waals surface area contributed by atoms with Gasteiger partial charge in [-0.05, 0) is 67.8 Å². The summed E-state index contributed by atoms with van der Waals surface area (Å²) in [4.78, 5) is 15.4. The average molecular weight is 421 g/mol. The zero-order chi connectivity index (χ0) is 22.4. The van der Waals surface area contributed by atoms with Crippen LogP contribution in [0.3, 0.4) is 0 Å². The first kappa shape index (κ1) is 22.5. The van der Waals surface area contributed by atoms with Gasteiger partial charge in [-0.15, -0.1) is 0 Å². The first-order chi connectivity index (χ1) is 15.0. The Labute approximate surface area is 185 Å². The Kier molecular flexibility index (Phi) is 7.40. The number of aromatic nitrogens is 1. The van der Waals surface area contributed by atoms with Crippen molar-refractivity contribution in [2.75, 3.05) is 27.3 Å². The van der Waals surface area contributed by atoms with Crippen molar-refractivity contribution in [3.05, 3.63) is 65.9 Å². The minimum absolute atomic E-state index is 0.0811. The average Bonchev–Trinajstić information content (AvgIpc) is 3.15. The summed E-state index contributed by atoms with van der Waals surface area (Å²) in [5.41, 5.74) is 4.59. The summed E-state index contributed by atoms with van der Waals surface area (Å²) >= 11 is 0. The Morgan fingerprint density at radius 1 is 0.903 bits per heavy atom. The van der Waals surface area contributed by atoms with E-state index >= 15 is 0 Å². The maximum absolute atomic E-state index is 13.5. The van der Waals surface area contributed by atoms with Gasteiger partial charge in [0.15, 0.2) is 0 Å². The van der Waals surface area contributed by atoms with Crippen LogP contribution in [-0.4, -0.2) is 42.7 Å². The molecule has 0 atom stereocenters. The first-order valence-corrected chi connectivity index (χ1v) is 10.8. The summed E-state index contributed by atoms with van der Waals surface area (Å²) in [7, 11) is 3.32. The zero-order valence-electron chi connectivity index (χ0n) is 19.1. The van der Waals surface area contributed by atoms with Gasteiger partial charge in [0.25, 0.3) is 5.91 Å². The lowest BCUT2D eigenvalue weighted by Crippen LogP contribution is -2.32. The SMILES string of the molecule is CCCN(CCC)C(=O)c1cc(-c2ccc(OC)cc2)n(-c2cccc(OC)c2)c1C. The number of amides is 1. The topological polar surface area (TPSA) is 43.7 Å². The molecule has 1 heterocycles. The quantitative estimate of drug-likeness (QED) is 0.444. The van der Waals surface area contributed by atoms with E-state index in [1.165, 1.54) is 0 Å². The van der Waals surface area contributed by atoms with Crippen molar-refractivity contribution >= 4 is 5.91 Å². The molecular weight excluding hydrogens is 388 g/mol. The van der Waals surface area contributed by atoms with Crippen LogP contribution >= 0.6 is 0 Å². The van der Waals surface area contributed by atoms with Gasteiger partial charge in [0.2, 0.25) is 0 Å². The molecule has 0 saturated heterocycles. The lowest BCUT2D eigenvalue weighted by atomic mass is 10.1. The molecule has 0 aliphatic rings. The van der Waals surface area contributed by atoms with E-state index in [1.54, 1.807) is 14.2 Å². The molecule has 5 nitrogen and oxygen atoms in total. The number of nitrogens with zero attached hydrogens (tertiary/aromatic N) is 2. The second-order valence-electron chi connectivity index (χ2n) is 7.59. The van der Waals surface area contributed by atoms with Crippen molar-refractivity contribution in [1.82, 2.24) is 9.47 Å². The van der Waals surface area contributed by atoms with Gasteiger partial charge in [-0.25, -0.2) is 0 Å². The molecule has 0 bridgehead atoms. The molecule has 31 heavy (non-hydrogen) atoms. The van der Waals surface area contributed by atoms with E-state index in [0.29, 0.717) is 0 Å². The largest absolute Gasteiger partial charge is 0.497 e. The normalized spacial score (nSPS) is 10.7. The minimum Gasteiger partial charge on any atom is -0.497 e. The molecule has 0 spiro atoms. The molecule has 0 aliphatic heterocycles. The summed E-state index contributed by atoms with van der Waals surface area (Å²) in [5.74, 6) is 1.66. The van der Waals surface area contributed by atoms with E-state index in [4.69, 9.17) is 9.47 Å². The number of hydrogen-bond acceptors (Lipinski definition) is 3. The van der Waals surface area contributed by atoms with E-state index in [2.05, 4.69) is 18.4 Å². The van der Waals surface area contributed by atoms with E-state index < -0.39 is 0 Å². The fourth-order valence-electron chi connectivity index (χ4n) is 3.90. The van der Waals surface area contributed by atoms with Crippen LogP contribution in [0.15, 0.2) is 54.6 Å². The Bertz CT molecular complexity index is 1020. The summed E-state index contributed by atoms with van der Waals surface area (Å²) in [6.45, 7) is 7.73. The van der Waals surface area contributed by atoms with Crippen molar-refractivity contribution in [1.29, 1.82) is 0 Å². The van der Waals surface area contributed by atoms with Crippen molar-refractivity contribution in [3.63, 3.8) is 0 Å². The van der Waals surface area contributed by atoms with Crippen LogP contribution in [0.1, 0.15) is 42.7 Å². The number of carbonyl (C=O) groups excluding carboxylic acids is 1. The van der Waals surface area contributed by atoms with Gasteiger partial charge in [0, 0.05) is 30.5 Å². The van der Waals surface area contributed by atoms with Crippen LogP contribution in [0.25, 0.3) is 16.9 Å². The third-order valence-corrected chi connectivity index (χ3v) is 5.45. The number of benzene rings is 2. The van der Waals surface area contributed by atoms with Gasteiger partial charge in [-0.3, -0.25) is 4.79 Å². The Hall–Kier alpha value is -3.21. The second kappa shape index (κ2) is 10.2. The van der Waals surface area contributed by atoms with Crippen LogP contribution in [0.2, 0.25) is 0 Å². The standard InChI is InChI=1S/C26H32N2O3/c1-6-15-27(16-7-2)26(29)24-18-25(20-11-13-22(30-4)14-12-20)28(19(24)3)21-9-8-10-23(17-21)31-5/h8-14,17-18H,6-7,15-16H2,1-5H3. The maximum Gasteiger partial charge on any atom is 0.255 e. The highest BCUT2D eigenvalue weighted by Gasteiger charge is 2.23. The summed E-state index contributed by atoms with van der Waals surface area (Å²) < 4.78 is 12.9. The molecule has 0 radical (unpaired) electrons. The molecular formula is C26H32N2O3. The molecule has 0 aliphatic carbocycles. The smallest absolute Gasteiger partial charge is 0.255 e. The van der Waals surface area contributed by atoms with Crippen molar-refractivity contribution in [2.45, 2.75) is 33.6 Å². The molecule has 3 aromatic rings. The molecule has 3 rings (SSSR count). The zero-order valence-corrected chi connectivity index (χ0v) is 19.1. The predicted octanol–water partition coefficient (Wildman–Crippen LogP) is 5.73. The summed E-state index contributed by atoms with van der Waals surface area (Å²) in [5, 5.41) is 0. The van der Waals surface area contributed by atoms with E-state index in [0.717, 1.165) is 65.6 Å². The molecule has 1 aromatic heterocycles. The van der Waals surface area contributed by atoms with Crippen molar-refractivity contribution in [3.8, 4) is 28.4 Å². The van der Waals surface area contributed by atoms with Crippen LogP contribution in [0, 0.1) is 6.92 Å². The van der Waals surface area contributed by atoms with Gasteiger partial charge in [-0.2, -0.15) is 0 Å². The molecule has 0 fully saturated rings. The van der Waals surface area contributed by atoms with Crippen molar-refractivity contribution < 1.29 is 14.3 Å². The maximum atomic E-state index is 13.5. The predicted molar refractivity (Wildman–Crippen MR) is 126 cm³/mol.